The van der Waals surface area contributed by atoms with Crippen LogP contribution in [-0.4, -0.2) is 12.1 Å². The van der Waals surface area contributed by atoms with Crippen LogP contribution in [-0.2, 0) is 0 Å². The number of hydrogen-bond acceptors (Lipinski definition) is 0. The monoisotopic (exact) mass is 150 g/mol. The van der Waals surface area contributed by atoms with Crippen LogP contribution in [0.5, 0.6) is 0 Å². The summed E-state index contributed by atoms with van der Waals surface area (Å²) in [4.78, 5) is 0. The van der Waals surface area contributed by atoms with Gasteiger partial charge in [-0.2, -0.15) is 0 Å². The van der Waals surface area contributed by atoms with E-state index in [1.54, 1.807) is 13.0 Å². The molecule has 1 aliphatic rings. The van der Waals surface area contributed by atoms with Crippen molar-refractivity contribution in [2.24, 2.45) is 5.92 Å². The van der Waals surface area contributed by atoms with Crippen molar-refractivity contribution in [2.75, 3.05) is 0 Å². The highest BCUT2D eigenvalue weighted by molar-refractivity contribution is 5.05. The Labute approximate surface area is 57.7 Å². The number of hydrogen-bond donors (Lipinski definition) is 0. The summed E-state index contributed by atoms with van der Waals surface area (Å²) in [5, 5.41) is 0. The van der Waals surface area contributed by atoms with Gasteiger partial charge in [-0.25, -0.2) is 13.2 Å². The highest BCUT2D eigenvalue weighted by Gasteiger charge is 2.55. The zero-order chi connectivity index (χ0) is 7.78. The second-order valence-electron chi connectivity index (χ2n) is 2.56. The molecular formula is C7H9F3. The first-order chi connectivity index (χ1) is 4.58. The van der Waals surface area contributed by atoms with Gasteiger partial charge in [0.15, 0.2) is 6.17 Å². The highest BCUT2D eigenvalue weighted by Crippen LogP contribution is 2.45. The van der Waals surface area contributed by atoms with E-state index in [0.717, 1.165) is 0 Å². The summed E-state index contributed by atoms with van der Waals surface area (Å²) in [7, 11) is 0. The first kappa shape index (κ1) is 7.63. The third-order valence-corrected chi connectivity index (χ3v) is 1.73. The van der Waals surface area contributed by atoms with Crippen LogP contribution in [0.3, 0.4) is 0 Å². The van der Waals surface area contributed by atoms with Crippen LogP contribution in [0.15, 0.2) is 12.2 Å². The van der Waals surface area contributed by atoms with Gasteiger partial charge < -0.3 is 0 Å². The predicted molar refractivity (Wildman–Crippen MR) is 32.8 cm³/mol. The summed E-state index contributed by atoms with van der Waals surface area (Å²) in [6, 6.07) is 0. The van der Waals surface area contributed by atoms with Crippen LogP contribution >= 0.6 is 0 Å². The predicted octanol–water partition coefficient (Wildman–Crippen LogP) is 2.56. The third-order valence-electron chi connectivity index (χ3n) is 1.73. The van der Waals surface area contributed by atoms with E-state index in [9.17, 15) is 13.2 Å². The minimum Gasteiger partial charge on any atom is -0.240 e. The Morgan fingerprint density at radius 3 is 2.40 bits per heavy atom. The van der Waals surface area contributed by atoms with Crippen LogP contribution in [0.25, 0.3) is 0 Å². The van der Waals surface area contributed by atoms with E-state index in [-0.39, 0.29) is 6.42 Å². The van der Waals surface area contributed by atoms with Crippen molar-refractivity contribution in [3.05, 3.63) is 12.2 Å². The number of allylic oxidation sites excluding steroid dienone is 2. The minimum atomic E-state index is -3.07. The quantitative estimate of drug-likeness (QED) is 0.504. The molecule has 10 heavy (non-hydrogen) atoms. The summed E-state index contributed by atoms with van der Waals surface area (Å²) >= 11 is 0. The van der Waals surface area contributed by atoms with Crippen molar-refractivity contribution < 1.29 is 13.2 Å². The second-order valence-corrected chi connectivity index (χ2v) is 2.56. The maximum absolute atomic E-state index is 12.3. The maximum Gasteiger partial charge on any atom is 0.279 e. The molecule has 1 fully saturated rings. The first-order valence-corrected chi connectivity index (χ1v) is 3.22. The lowest BCUT2D eigenvalue weighted by Crippen LogP contribution is -2.48. The van der Waals surface area contributed by atoms with Crippen molar-refractivity contribution in [1.82, 2.24) is 0 Å². The first-order valence-electron chi connectivity index (χ1n) is 3.22. The summed E-state index contributed by atoms with van der Waals surface area (Å²) < 4.78 is 36.5. The second kappa shape index (κ2) is 2.29. The van der Waals surface area contributed by atoms with Crippen molar-refractivity contribution in [3.63, 3.8) is 0 Å². The van der Waals surface area contributed by atoms with Crippen LogP contribution in [0.4, 0.5) is 13.2 Å². The smallest absolute Gasteiger partial charge is 0.240 e. The molecule has 3 heteroatoms. The summed E-state index contributed by atoms with van der Waals surface area (Å²) in [5.74, 6) is -3.62. The van der Waals surface area contributed by atoms with Gasteiger partial charge >= 0.3 is 0 Å². The molecule has 0 spiro atoms. The van der Waals surface area contributed by atoms with Gasteiger partial charge in [0, 0.05) is 12.3 Å². The summed E-state index contributed by atoms with van der Waals surface area (Å²) in [6.07, 6.45) is 0.802. The minimum absolute atomic E-state index is 0.335. The Kier molecular flexibility index (Phi) is 1.75. The molecule has 0 amide bonds. The summed E-state index contributed by atoms with van der Waals surface area (Å²) in [5.41, 5.74) is 0. The van der Waals surface area contributed by atoms with E-state index in [2.05, 4.69) is 0 Å². The van der Waals surface area contributed by atoms with Gasteiger partial charge in [-0.05, 0) is 6.92 Å². The molecule has 0 saturated heterocycles. The van der Waals surface area contributed by atoms with Gasteiger partial charge in [0.1, 0.15) is 0 Å². The van der Waals surface area contributed by atoms with E-state index in [0.29, 0.717) is 0 Å². The number of rotatable bonds is 1. The lowest BCUT2D eigenvalue weighted by molar-refractivity contribution is -0.168. The molecule has 0 aromatic heterocycles. The fourth-order valence-corrected chi connectivity index (χ4v) is 1.10. The summed E-state index contributed by atoms with van der Waals surface area (Å²) in [6.45, 7) is 1.70. The lowest BCUT2D eigenvalue weighted by Gasteiger charge is -2.37. The molecule has 1 rings (SSSR count). The van der Waals surface area contributed by atoms with Crippen LogP contribution in [0.2, 0.25) is 0 Å². The largest absolute Gasteiger partial charge is 0.279 e. The van der Waals surface area contributed by atoms with E-state index in [4.69, 9.17) is 0 Å². The molecular weight excluding hydrogens is 141 g/mol. The van der Waals surface area contributed by atoms with Gasteiger partial charge in [0.2, 0.25) is 0 Å². The SMILES string of the molecule is CC=CC1CC(F)(F)C1F. The number of alkyl halides is 3. The Morgan fingerprint density at radius 2 is 2.10 bits per heavy atom. The fraction of sp³-hybridized carbons (Fsp3) is 0.714. The number of halogens is 3. The van der Waals surface area contributed by atoms with Gasteiger partial charge in [-0.15, -0.1) is 0 Å². The van der Waals surface area contributed by atoms with Crippen molar-refractivity contribution >= 4 is 0 Å². The molecule has 1 saturated carbocycles. The fourth-order valence-electron chi connectivity index (χ4n) is 1.10. The van der Waals surface area contributed by atoms with E-state index in [1.807, 2.05) is 0 Å². The van der Waals surface area contributed by atoms with Gasteiger partial charge in [-0.3, -0.25) is 0 Å². The van der Waals surface area contributed by atoms with Crippen molar-refractivity contribution in [3.8, 4) is 0 Å². The molecule has 0 aromatic carbocycles. The zero-order valence-electron chi connectivity index (χ0n) is 5.65. The Hall–Kier alpha value is -0.470. The molecule has 1 aliphatic carbocycles. The van der Waals surface area contributed by atoms with Crippen LogP contribution < -0.4 is 0 Å². The van der Waals surface area contributed by atoms with E-state index >= 15 is 0 Å². The van der Waals surface area contributed by atoms with Crippen LogP contribution in [0.1, 0.15) is 13.3 Å². The van der Waals surface area contributed by atoms with Crippen LogP contribution in [0, 0.1) is 5.92 Å². The van der Waals surface area contributed by atoms with Crippen molar-refractivity contribution in [1.29, 1.82) is 0 Å². The van der Waals surface area contributed by atoms with Gasteiger partial charge in [0.05, 0.1) is 0 Å². The molecule has 0 bridgehead atoms. The molecule has 58 valence electrons. The Balaban J connectivity index is 2.47. The zero-order valence-corrected chi connectivity index (χ0v) is 5.65. The average molecular weight is 150 g/mol. The molecule has 0 nitrogen and oxygen atoms in total. The van der Waals surface area contributed by atoms with E-state index in [1.165, 1.54) is 6.08 Å². The molecule has 0 N–H and O–H groups in total. The molecule has 2 unspecified atom stereocenters. The van der Waals surface area contributed by atoms with Crippen molar-refractivity contribution in [2.45, 2.75) is 25.4 Å². The maximum atomic E-state index is 12.3. The lowest BCUT2D eigenvalue weighted by atomic mass is 9.79. The Morgan fingerprint density at radius 1 is 1.50 bits per heavy atom. The van der Waals surface area contributed by atoms with Gasteiger partial charge in [-0.1, -0.05) is 12.2 Å². The van der Waals surface area contributed by atoms with Gasteiger partial charge in [0.25, 0.3) is 5.92 Å². The molecule has 0 aliphatic heterocycles. The molecule has 2 atom stereocenters. The molecule has 0 aromatic rings. The molecule has 0 heterocycles. The third kappa shape index (κ3) is 1.04. The normalized spacial score (nSPS) is 38.0. The average Bonchev–Trinajstić information content (AvgIpc) is 1.87. The topological polar surface area (TPSA) is 0 Å². The Bertz CT molecular complexity index is 151. The molecule has 0 radical (unpaired) electrons. The standard InChI is InChI=1S/C7H9F3/c1-2-3-5-4-7(9,10)6(5)8/h2-3,5-6H,4H2,1H3. The van der Waals surface area contributed by atoms with E-state index < -0.39 is 18.0 Å². The highest BCUT2D eigenvalue weighted by atomic mass is 19.3.